The van der Waals surface area contributed by atoms with E-state index < -0.39 is 5.82 Å². The molecule has 0 atom stereocenters. The summed E-state index contributed by atoms with van der Waals surface area (Å²) in [4.78, 5) is 24.9. The van der Waals surface area contributed by atoms with E-state index in [-0.39, 0.29) is 23.6 Å². The van der Waals surface area contributed by atoms with Crippen LogP contribution in [0.4, 0.5) is 10.1 Å². The topological polar surface area (TPSA) is 64.0 Å². The molecule has 8 heteroatoms. The third-order valence-electron chi connectivity index (χ3n) is 3.62. The predicted molar refractivity (Wildman–Crippen MR) is 104 cm³/mol. The van der Waals surface area contributed by atoms with Crippen molar-refractivity contribution in [3.63, 3.8) is 0 Å². The molecule has 0 aliphatic heterocycles. The van der Waals surface area contributed by atoms with E-state index in [2.05, 4.69) is 26.3 Å². The fraction of sp³-hybridized carbons (Fsp3) is 0.167. The fourth-order valence-electron chi connectivity index (χ4n) is 2.36. The van der Waals surface area contributed by atoms with Crippen LogP contribution in [0.3, 0.4) is 0 Å². The molecule has 0 unspecified atom stereocenters. The van der Waals surface area contributed by atoms with Gasteiger partial charge in [0.05, 0.1) is 10.6 Å². The van der Waals surface area contributed by atoms with Crippen LogP contribution in [0.2, 0.25) is 0 Å². The van der Waals surface area contributed by atoms with Crippen LogP contribution >= 0.6 is 27.3 Å². The number of hydrogen-bond acceptors (Lipinski definition) is 4. The number of aromatic nitrogens is 2. The molecule has 1 N–H and O–H groups in total. The lowest BCUT2D eigenvalue weighted by atomic mass is 10.2. The van der Waals surface area contributed by atoms with E-state index in [1.165, 1.54) is 22.9 Å². The summed E-state index contributed by atoms with van der Waals surface area (Å²) in [6.45, 7) is 0.314. The Morgan fingerprint density at radius 3 is 2.85 bits per heavy atom. The molecule has 2 heterocycles. The molecule has 1 amide bonds. The Labute approximate surface area is 161 Å². The maximum atomic E-state index is 13.7. The average molecular weight is 436 g/mol. The Balaban J connectivity index is 1.58. The molecule has 0 aliphatic rings. The van der Waals surface area contributed by atoms with Gasteiger partial charge in [0.25, 0.3) is 5.56 Å². The molecule has 134 valence electrons. The number of halogens is 2. The Morgan fingerprint density at radius 1 is 1.27 bits per heavy atom. The first kappa shape index (κ1) is 18.5. The van der Waals surface area contributed by atoms with Gasteiger partial charge in [-0.1, -0.05) is 22.0 Å². The standard InChI is InChI=1S/C18H15BrFN3O2S/c19-12-5-6-14(13(20)11-12)21-17(24)4-1-9-23-18(25)8-7-15(22-23)16-3-2-10-26-16/h2-3,5-8,10-11H,1,4,9H2,(H,21,24). The Bertz CT molecular complexity index is 973. The van der Waals surface area contributed by atoms with E-state index in [0.717, 1.165) is 10.6 Å². The van der Waals surface area contributed by atoms with Gasteiger partial charge in [-0.2, -0.15) is 5.10 Å². The van der Waals surface area contributed by atoms with Gasteiger partial charge >= 0.3 is 0 Å². The molecule has 3 rings (SSSR count). The monoisotopic (exact) mass is 435 g/mol. The van der Waals surface area contributed by atoms with Crippen LogP contribution in [-0.2, 0) is 11.3 Å². The van der Waals surface area contributed by atoms with Crippen molar-refractivity contribution in [3.8, 4) is 10.6 Å². The second-order valence-corrected chi connectivity index (χ2v) is 7.40. The molecule has 5 nitrogen and oxygen atoms in total. The minimum Gasteiger partial charge on any atom is -0.324 e. The van der Waals surface area contributed by atoms with Gasteiger partial charge in [0.2, 0.25) is 5.91 Å². The molecule has 0 fully saturated rings. The van der Waals surface area contributed by atoms with Gasteiger partial charge in [0, 0.05) is 23.5 Å². The van der Waals surface area contributed by atoms with Crippen molar-refractivity contribution in [1.82, 2.24) is 9.78 Å². The number of benzene rings is 1. The van der Waals surface area contributed by atoms with Crippen LogP contribution in [0, 0.1) is 5.82 Å². The lowest BCUT2D eigenvalue weighted by Crippen LogP contribution is -2.23. The second-order valence-electron chi connectivity index (χ2n) is 5.53. The zero-order valence-corrected chi connectivity index (χ0v) is 16.0. The summed E-state index contributed by atoms with van der Waals surface area (Å²) >= 11 is 4.71. The number of thiophene rings is 1. The zero-order valence-electron chi connectivity index (χ0n) is 13.6. The predicted octanol–water partition coefficient (Wildman–Crippen LogP) is 4.29. The molecule has 0 saturated carbocycles. The summed E-state index contributed by atoms with van der Waals surface area (Å²) < 4.78 is 15.7. The maximum Gasteiger partial charge on any atom is 0.266 e. The van der Waals surface area contributed by atoms with Gasteiger partial charge < -0.3 is 5.32 Å². The SMILES string of the molecule is O=C(CCCn1nc(-c2cccs2)ccc1=O)Nc1ccc(Br)cc1F. The fourth-order valence-corrected chi connectivity index (χ4v) is 3.38. The number of nitrogens with zero attached hydrogens (tertiary/aromatic N) is 2. The van der Waals surface area contributed by atoms with Gasteiger partial charge in [0.1, 0.15) is 11.5 Å². The molecule has 1 aromatic carbocycles. The van der Waals surface area contributed by atoms with E-state index in [0.29, 0.717) is 17.4 Å². The normalized spacial score (nSPS) is 10.7. The highest BCUT2D eigenvalue weighted by Crippen LogP contribution is 2.21. The molecule has 0 aliphatic carbocycles. The van der Waals surface area contributed by atoms with E-state index in [1.54, 1.807) is 23.5 Å². The van der Waals surface area contributed by atoms with Crippen molar-refractivity contribution >= 4 is 38.9 Å². The van der Waals surface area contributed by atoms with Crippen LogP contribution < -0.4 is 10.9 Å². The largest absolute Gasteiger partial charge is 0.324 e. The molecule has 2 aromatic heterocycles. The number of nitrogens with one attached hydrogen (secondary N) is 1. The van der Waals surface area contributed by atoms with Gasteiger partial charge in [-0.25, -0.2) is 9.07 Å². The van der Waals surface area contributed by atoms with Crippen LogP contribution in [0.15, 0.2) is 57.1 Å². The number of hydrogen-bond donors (Lipinski definition) is 1. The minimum atomic E-state index is -0.505. The summed E-state index contributed by atoms with van der Waals surface area (Å²) in [5.41, 5.74) is 0.638. The average Bonchev–Trinajstić information content (AvgIpc) is 3.14. The lowest BCUT2D eigenvalue weighted by Gasteiger charge is -2.08. The minimum absolute atomic E-state index is 0.133. The number of amides is 1. The van der Waals surface area contributed by atoms with E-state index >= 15 is 0 Å². The van der Waals surface area contributed by atoms with Gasteiger partial charge in [0.15, 0.2) is 0 Å². The molecule has 0 bridgehead atoms. The van der Waals surface area contributed by atoms with Crippen LogP contribution in [0.5, 0.6) is 0 Å². The van der Waals surface area contributed by atoms with Gasteiger partial charge in [-0.3, -0.25) is 9.59 Å². The van der Waals surface area contributed by atoms with E-state index in [9.17, 15) is 14.0 Å². The van der Waals surface area contributed by atoms with Crippen LogP contribution in [0.25, 0.3) is 10.6 Å². The summed E-state index contributed by atoms with van der Waals surface area (Å²) in [7, 11) is 0. The van der Waals surface area contributed by atoms with Crippen molar-refractivity contribution in [2.75, 3.05) is 5.32 Å². The Kier molecular flexibility index (Phi) is 5.95. The van der Waals surface area contributed by atoms with Crippen molar-refractivity contribution in [2.24, 2.45) is 0 Å². The molecule has 0 saturated heterocycles. The maximum absolute atomic E-state index is 13.7. The molecule has 3 aromatic rings. The van der Waals surface area contributed by atoms with Gasteiger partial charge in [-0.05, 0) is 42.1 Å². The second kappa shape index (κ2) is 8.37. The zero-order chi connectivity index (χ0) is 18.5. The molecule has 0 spiro atoms. The third-order valence-corrected chi connectivity index (χ3v) is 5.00. The van der Waals surface area contributed by atoms with Crippen molar-refractivity contribution in [3.05, 3.63) is 68.5 Å². The highest BCUT2D eigenvalue weighted by atomic mass is 79.9. The third kappa shape index (κ3) is 4.64. The molecular weight excluding hydrogens is 421 g/mol. The lowest BCUT2D eigenvalue weighted by molar-refractivity contribution is -0.116. The molecule has 26 heavy (non-hydrogen) atoms. The first-order valence-corrected chi connectivity index (χ1v) is 9.57. The highest BCUT2D eigenvalue weighted by molar-refractivity contribution is 9.10. The molecule has 0 radical (unpaired) electrons. The van der Waals surface area contributed by atoms with Crippen LogP contribution in [0.1, 0.15) is 12.8 Å². The first-order chi connectivity index (χ1) is 12.5. The van der Waals surface area contributed by atoms with Crippen molar-refractivity contribution in [2.45, 2.75) is 19.4 Å². The van der Waals surface area contributed by atoms with Crippen LogP contribution in [-0.4, -0.2) is 15.7 Å². The quantitative estimate of drug-likeness (QED) is 0.627. The Morgan fingerprint density at radius 2 is 2.12 bits per heavy atom. The number of aryl methyl sites for hydroxylation is 1. The van der Waals surface area contributed by atoms with E-state index in [1.807, 2.05) is 17.5 Å². The Hall–Kier alpha value is -2.32. The highest BCUT2D eigenvalue weighted by Gasteiger charge is 2.09. The summed E-state index contributed by atoms with van der Waals surface area (Å²) in [5.74, 6) is -0.817. The number of carbonyl (C=O) groups is 1. The molecular formula is C18H15BrFN3O2S. The smallest absolute Gasteiger partial charge is 0.266 e. The summed E-state index contributed by atoms with van der Waals surface area (Å²) in [6.07, 6.45) is 0.581. The van der Waals surface area contributed by atoms with Crippen molar-refractivity contribution < 1.29 is 9.18 Å². The number of anilines is 1. The van der Waals surface area contributed by atoms with Crippen molar-refractivity contribution in [1.29, 1.82) is 0 Å². The first-order valence-electron chi connectivity index (χ1n) is 7.90. The van der Waals surface area contributed by atoms with Gasteiger partial charge in [-0.15, -0.1) is 11.3 Å². The number of carbonyl (C=O) groups excluding carboxylic acids is 1. The summed E-state index contributed by atoms with van der Waals surface area (Å²) in [6, 6.07) is 11.4. The van der Waals surface area contributed by atoms with E-state index in [4.69, 9.17) is 0 Å². The number of rotatable bonds is 6. The summed E-state index contributed by atoms with van der Waals surface area (Å²) in [5, 5.41) is 8.81.